The number of aromatic hydroxyl groups is 1. The maximum absolute atomic E-state index is 12.0. The summed E-state index contributed by atoms with van der Waals surface area (Å²) >= 11 is 0. The Labute approximate surface area is 124 Å². The third-order valence-corrected chi connectivity index (χ3v) is 4.69. The van der Waals surface area contributed by atoms with Crippen molar-refractivity contribution >= 4 is 16.7 Å². The van der Waals surface area contributed by atoms with Gasteiger partial charge in [0.2, 0.25) is 0 Å². The number of phenols is 1. The molecular formula is C18H20O3. The highest BCUT2D eigenvalue weighted by Crippen LogP contribution is 2.42. The van der Waals surface area contributed by atoms with E-state index in [1.807, 2.05) is 12.1 Å². The minimum Gasteiger partial charge on any atom is -0.508 e. The molecule has 0 heterocycles. The Morgan fingerprint density at radius 2 is 2.14 bits per heavy atom. The van der Waals surface area contributed by atoms with Gasteiger partial charge < -0.3 is 9.84 Å². The first-order valence-corrected chi connectivity index (χ1v) is 7.48. The second-order valence-corrected chi connectivity index (χ2v) is 5.72. The van der Waals surface area contributed by atoms with Gasteiger partial charge in [0.1, 0.15) is 5.75 Å². The van der Waals surface area contributed by atoms with Crippen molar-refractivity contribution in [3.05, 3.63) is 41.5 Å². The molecule has 0 amide bonds. The highest BCUT2D eigenvalue weighted by atomic mass is 16.5. The highest BCUT2D eigenvalue weighted by molar-refractivity contribution is 5.89. The number of benzene rings is 2. The summed E-state index contributed by atoms with van der Waals surface area (Å²) in [4.78, 5) is 12.0. The Bertz CT molecular complexity index is 690. The van der Waals surface area contributed by atoms with E-state index in [2.05, 4.69) is 13.0 Å². The van der Waals surface area contributed by atoms with Crippen LogP contribution in [-0.2, 0) is 16.0 Å². The molecule has 3 rings (SSSR count). The Morgan fingerprint density at radius 1 is 1.33 bits per heavy atom. The van der Waals surface area contributed by atoms with E-state index in [-0.39, 0.29) is 23.6 Å². The van der Waals surface area contributed by atoms with Gasteiger partial charge in [0.15, 0.2) is 0 Å². The third kappa shape index (κ3) is 2.27. The maximum atomic E-state index is 12.0. The van der Waals surface area contributed by atoms with Crippen LogP contribution in [-0.4, -0.2) is 18.2 Å². The zero-order valence-electron chi connectivity index (χ0n) is 12.4. The summed E-state index contributed by atoms with van der Waals surface area (Å²) in [6.45, 7) is 2.12. The average Bonchev–Trinajstić information content (AvgIpc) is 2.52. The van der Waals surface area contributed by atoms with Crippen LogP contribution < -0.4 is 0 Å². The molecule has 0 aromatic heterocycles. The van der Waals surface area contributed by atoms with Crippen molar-refractivity contribution in [2.24, 2.45) is 5.92 Å². The van der Waals surface area contributed by atoms with Crippen molar-refractivity contribution in [1.29, 1.82) is 0 Å². The van der Waals surface area contributed by atoms with E-state index < -0.39 is 0 Å². The maximum Gasteiger partial charge on any atom is 0.309 e. The molecule has 0 radical (unpaired) electrons. The molecule has 2 aromatic rings. The Morgan fingerprint density at radius 3 is 2.86 bits per heavy atom. The van der Waals surface area contributed by atoms with Crippen LogP contribution >= 0.6 is 0 Å². The van der Waals surface area contributed by atoms with Crippen molar-refractivity contribution in [3.63, 3.8) is 0 Å². The van der Waals surface area contributed by atoms with E-state index >= 15 is 0 Å². The van der Waals surface area contributed by atoms with Crippen molar-refractivity contribution in [1.82, 2.24) is 0 Å². The Kier molecular flexibility index (Phi) is 3.58. The number of esters is 1. The number of fused-ring (bicyclic) bond motifs is 3. The van der Waals surface area contributed by atoms with Gasteiger partial charge in [-0.2, -0.15) is 0 Å². The molecule has 0 bridgehead atoms. The summed E-state index contributed by atoms with van der Waals surface area (Å²) in [6, 6.07) is 9.66. The first-order chi connectivity index (χ1) is 10.2. The summed E-state index contributed by atoms with van der Waals surface area (Å²) in [5.74, 6) is 0.373. The van der Waals surface area contributed by atoms with Crippen molar-refractivity contribution in [3.8, 4) is 5.75 Å². The molecule has 0 saturated carbocycles. The van der Waals surface area contributed by atoms with Crippen LogP contribution in [0, 0.1) is 5.92 Å². The second kappa shape index (κ2) is 5.40. The second-order valence-electron chi connectivity index (χ2n) is 5.72. The fraction of sp³-hybridized carbons (Fsp3) is 0.389. The summed E-state index contributed by atoms with van der Waals surface area (Å²) in [7, 11) is 1.47. The average molecular weight is 284 g/mol. The van der Waals surface area contributed by atoms with Crippen LogP contribution in [0.3, 0.4) is 0 Å². The van der Waals surface area contributed by atoms with E-state index in [1.54, 1.807) is 12.1 Å². The molecule has 3 heteroatoms. The molecule has 0 saturated heterocycles. The van der Waals surface area contributed by atoms with Gasteiger partial charge in [0.25, 0.3) is 0 Å². The summed E-state index contributed by atoms with van der Waals surface area (Å²) in [5, 5.41) is 11.9. The van der Waals surface area contributed by atoms with Gasteiger partial charge in [-0.1, -0.05) is 25.1 Å². The van der Waals surface area contributed by atoms with Crippen LogP contribution in [0.15, 0.2) is 30.3 Å². The number of hydrogen-bond acceptors (Lipinski definition) is 3. The van der Waals surface area contributed by atoms with Crippen LogP contribution in [0.1, 0.15) is 36.8 Å². The lowest BCUT2D eigenvalue weighted by molar-refractivity contribution is -0.146. The van der Waals surface area contributed by atoms with Gasteiger partial charge in [-0.25, -0.2) is 0 Å². The van der Waals surface area contributed by atoms with Crippen LogP contribution in [0.5, 0.6) is 5.75 Å². The van der Waals surface area contributed by atoms with Gasteiger partial charge in [0.05, 0.1) is 13.0 Å². The van der Waals surface area contributed by atoms with Crippen molar-refractivity contribution in [2.75, 3.05) is 7.11 Å². The first kappa shape index (κ1) is 13.9. The van der Waals surface area contributed by atoms with E-state index in [0.717, 1.165) is 24.6 Å². The largest absolute Gasteiger partial charge is 0.508 e. The first-order valence-electron chi connectivity index (χ1n) is 7.48. The fourth-order valence-corrected chi connectivity index (χ4v) is 3.68. The Balaban J connectivity index is 2.13. The van der Waals surface area contributed by atoms with Crippen LogP contribution in [0.25, 0.3) is 10.8 Å². The predicted molar refractivity (Wildman–Crippen MR) is 82.5 cm³/mol. The molecule has 0 fully saturated rings. The molecule has 2 atom stereocenters. The molecule has 0 spiro atoms. The number of hydrogen-bond donors (Lipinski definition) is 1. The molecule has 3 nitrogen and oxygen atoms in total. The number of ether oxygens (including phenoxy) is 1. The molecule has 0 unspecified atom stereocenters. The quantitative estimate of drug-likeness (QED) is 0.854. The monoisotopic (exact) mass is 284 g/mol. The van der Waals surface area contributed by atoms with E-state index in [4.69, 9.17) is 4.74 Å². The Hall–Kier alpha value is -2.03. The SMILES string of the molecule is CC[C@@H]1c2ccc3cc(O)ccc3c2CC[C@@H]1C(=O)OC. The molecule has 1 N–H and O–H groups in total. The number of carbonyl (C=O) groups is 1. The van der Waals surface area contributed by atoms with Gasteiger partial charge in [0, 0.05) is 0 Å². The van der Waals surface area contributed by atoms with Crippen LogP contribution in [0.4, 0.5) is 0 Å². The summed E-state index contributed by atoms with van der Waals surface area (Å²) in [5.41, 5.74) is 2.58. The molecule has 21 heavy (non-hydrogen) atoms. The standard InChI is InChI=1S/C18H20O3/c1-3-13-15-6-4-11-10-12(19)5-7-14(11)16(15)8-9-17(13)18(20)21-2/h4-7,10,13,17,19H,3,8-9H2,1-2H3/t13-,17+/m1/s1. The number of methoxy groups -OCH3 is 1. The van der Waals surface area contributed by atoms with Gasteiger partial charge in [-0.15, -0.1) is 0 Å². The lowest BCUT2D eigenvalue weighted by atomic mass is 9.72. The number of carbonyl (C=O) groups excluding carboxylic acids is 1. The topological polar surface area (TPSA) is 46.5 Å². The molecule has 110 valence electrons. The van der Waals surface area contributed by atoms with Crippen molar-refractivity contribution < 1.29 is 14.6 Å². The lowest BCUT2D eigenvalue weighted by Gasteiger charge is -2.32. The van der Waals surface area contributed by atoms with Gasteiger partial charge in [-0.05, 0) is 59.2 Å². The molecule has 1 aliphatic carbocycles. The fourth-order valence-electron chi connectivity index (χ4n) is 3.68. The highest BCUT2D eigenvalue weighted by Gasteiger charge is 2.34. The number of aryl methyl sites for hydroxylation is 1. The van der Waals surface area contributed by atoms with E-state index in [0.29, 0.717) is 0 Å². The minimum absolute atomic E-state index is 0.0398. The van der Waals surface area contributed by atoms with Crippen LogP contribution in [0.2, 0.25) is 0 Å². The molecular weight excluding hydrogens is 264 g/mol. The number of rotatable bonds is 2. The zero-order chi connectivity index (χ0) is 15.0. The predicted octanol–water partition coefficient (Wildman–Crippen LogP) is 3.77. The van der Waals surface area contributed by atoms with Gasteiger partial charge in [-0.3, -0.25) is 4.79 Å². The smallest absolute Gasteiger partial charge is 0.309 e. The van der Waals surface area contributed by atoms with Crippen molar-refractivity contribution in [2.45, 2.75) is 32.1 Å². The van der Waals surface area contributed by atoms with E-state index in [1.165, 1.54) is 23.6 Å². The molecule has 2 aromatic carbocycles. The summed E-state index contributed by atoms with van der Waals surface area (Å²) < 4.78 is 4.97. The molecule has 1 aliphatic rings. The lowest BCUT2D eigenvalue weighted by Crippen LogP contribution is -2.28. The zero-order valence-corrected chi connectivity index (χ0v) is 12.4. The third-order valence-electron chi connectivity index (χ3n) is 4.69. The minimum atomic E-state index is -0.0988. The molecule has 0 aliphatic heterocycles. The number of phenolic OH excluding ortho intramolecular Hbond substituents is 1. The normalized spacial score (nSPS) is 21.0. The summed E-state index contributed by atoms with van der Waals surface area (Å²) in [6.07, 6.45) is 2.64. The van der Waals surface area contributed by atoms with Gasteiger partial charge >= 0.3 is 5.97 Å². The van der Waals surface area contributed by atoms with E-state index in [9.17, 15) is 9.90 Å².